The van der Waals surface area contributed by atoms with Crippen molar-refractivity contribution in [1.29, 1.82) is 0 Å². The summed E-state index contributed by atoms with van der Waals surface area (Å²) in [5.74, 6) is -0.677. The molecule has 1 aliphatic heterocycles. The van der Waals surface area contributed by atoms with E-state index in [1.807, 2.05) is 18.7 Å². The van der Waals surface area contributed by atoms with Crippen molar-refractivity contribution in [3.05, 3.63) is 23.8 Å². The van der Waals surface area contributed by atoms with E-state index < -0.39 is 29.6 Å². The van der Waals surface area contributed by atoms with Gasteiger partial charge in [0.15, 0.2) is 0 Å². The number of benzene rings is 1. The fourth-order valence-electron chi connectivity index (χ4n) is 4.11. The Morgan fingerprint density at radius 1 is 1.34 bits per heavy atom. The molecule has 0 unspecified atom stereocenters. The maximum atomic E-state index is 13.8. The number of halogens is 3. The van der Waals surface area contributed by atoms with E-state index in [4.69, 9.17) is 10.5 Å². The molecule has 1 atom stereocenters. The molecule has 0 bridgehead atoms. The molecule has 1 aliphatic carbocycles. The maximum absolute atomic E-state index is 13.8. The number of hydrogen-bond donors (Lipinski definition) is 2. The molecule has 0 aromatic heterocycles. The van der Waals surface area contributed by atoms with Crippen molar-refractivity contribution in [2.24, 2.45) is 11.7 Å². The van der Waals surface area contributed by atoms with Crippen LogP contribution in [0.4, 0.5) is 24.5 Å². The molecule has 2 aliphatic rings. The fraction of sp³-hybridized carbons (Fsp3) is 0.636. The van der Waals surface area contributed by atoms with Crippen molar-refractivity contribution < 1.29 is 27.5 Å². The molecule has 1 aromatic carbocycles. The summed E-state index contributed by atoms with van der Waals surface area (Å²) < 4.78 is 46.5. The molecule has 3 N–H and O–H groups in total. The second kappa shape index (κ2) is 10.2. The average Bonchev–Trinajstić information content (AvgIpc) is 2.66. The summed E-state index contributed by atoms with van der Waals surface area (Å²) in [6, 6.07) is 3.00. The van der Waals surface area contributed by atoms with Crippen LogP contribution in [-0.2, 0) is 20.5 Å². The fourth-order valence-corrected chi connectivity index (χ4v) is 4.11. The monoisotopic (exact) mass is 456 g/mol. The number of rotatable bonds is 8. The summed E-state index contributed by atoms with van der Waals surface area (Å²) in [6.45, 7) is 4.96. The van der Waals surface area contributed by atoms with E-state index in [9.17, 15) is 22.8 Å². The number of alkyl halides is 3. The Bertz CT molecular complexity index is 827. The molecule has 2 fully saturated rings. The largest absolute Gasteiger partial charge is 0.418 e. The SMILES string of the molecule is CC(C)CN(C1CCC1)[C@H](CN)C(=O)Nc1ccc(N2CCOCC2=O)cc1C(F)(F)F. The number of hydrogen-bond acceptors (Lipinski definition) is 5. The minimum atomic E-state index is -4.71. The number of morpholine rings is 1. The zero-order valence-corrected chi connectivity index (χ0v) is 18.5. The van der Waals surface area contributed by atoms with Gasteiger partial charge in [0.1, 0.15) is 12.6 Å². The van der Waals surface area contributed by atoms with Gasteiger partial charge in [-0.25, -0.2) is 0 Å². The first kappa shape index (κ1) is 24.5. The number of nitrogens with zero attached hydrogens (tertiary/aromatic N) is 2. The Morgan fingerprint density at radius 2 is 2.06 bits per heavy atom. The van der Waals surface area contributed by atoms with Gasteiger partial charge in [0.05, 0.1) is 17.9 Å². The predicted molar refractivity (Wildman–Crippen MR) is 115 cm³/mol. The lowest BCUT2D eigenvalue weighted by Gasteiger charge is -2.42. The molecule has 7 nitrogen and oxygen atoms in total. The van der Waals surface area contributed by atoms with E-state index in [1.165, 1.54) is 17.0 Å². The van der Waals surface area contributed by atoms with Crippen LogP contribution in [0.3, 0.4) is 0 Å². The van der Waals surface area contributed by atoms with Gasteiger partial charge in [-0.2, -0.15) is 13.2 Å². The minimum absolute atomic E-state index is 0.0107. The van der Waals surface area contributed by atoms with E-state index >= 15 is 0 Å². The number of anilines is 2. The molecule has 32 heavy (non-hydrogen) atoms. The molecule has 0 spiro atoms. The van der Waals surface area contributed by atoms with Gasteiger partial charge >= 0.3 is 6.18 Å². The number of nitrogens with two attached hydrogens (primary N) is 1. The Hall–Kier alpha value is -2.17. The van der Waals surface area contributed by atoms with Crippen molar-refractivity contribution in [3.8, 4) is 0 Å². The minimum Gasteiger partial charge on any atom is -0.370 e. The van der Waals surface area contributed by atoms with Gasteiger partial charge in [-0.05, 0) is 37.0 Å². The van der Waals surface area contributed by atoms with E-state index in [-0.39, 0.29) is 49.6 Å². The highest BCUT2D eigenvalue weighted by Crippen LogP contribution is 2.38. The first-order valence-electron chi connectivity index (χ1n) is 11.0. The highest BCUT2D eigenvalue weighted by Gasteiger charge is 2.38. The van der Waals surface area contributed by atoms with E-state index in [1.54, 1.807) is 0 Å². The Morgan fingerprint density at radius 3 is 2.59 bits per heavy atom. The predicted octanol–water partition coefficient (Wildman–Crippen LogP) is 2.84. The highest BCUT2D eigenvalue weighted by atomic mass is 19.4. The quantitative estimate of drug-likeness (QED) is 0.628. The van der Waals surface area contributed by atoms with Crippen molar-refractivity contribution in [3.63, 3.8) is 0 Å². The number of ether oxygens (including phenoxy) is 1. The first-order chi connectivity index (χ1) is 15.1. The molecular formula is C22H31F3N4O3. The number of carbonyl (C=O) groups excluding carboxylic acids is 2. The zero-order valence-electron chi connectivity index (χ0n) is 18.5. The normalized spacial score (nSPS) is 18.8. The summed E-state index contributed by atoms with van der Waals surface area (Å²) in [7, 11) is 0. The molecule has 178 valence electrons. The molecule has 3 rings (SSSR count). The topological polar surface area (TPSA) is 87.9 Å². The standard InChI is InChI=1S/C22H31F3N4O3/c1-14(2)12-29(15-4-3-5-15)19(11-26)21(31)27-18-7-6-16(10-17(18)22(23,24)25)28-8-9-32-13-20(28)30/h6-7,10,14-15,19H,3-5,8-9,11-13,26H2,1-2H3,(H,27,31)/t19-/m1/s1. The lowest BCUT2D eigenvalue weighted by Crippen LogP contribution is -2.55. The van der Waals surface area contributed by atoms with Crippen LogP contribution in [0.25, 0.3) is 0 Å². The maximum Gasteiger partial charge on any atom is 0.418 e. The van der Waals surface area contributed by atoms with Crippen LogP contribution in [0.2, 0.25) is 0 Å². The lowest BCUT2D eigenvalue weighted by atomic mass is 9.89. The van der Waals surface area contributed by atoms with Crippen LogP contribution < -0.4 is 16.0 Å². The molecule has 2 amide bonds. The van der Waals surface area contributed by atoms with Crippen LogP contribution in [-0.4, -0.2) is 61.6 Å². The summed E-state index contributed by atoms with van der Waals surface area (Å²) in [4.78, 5) is 28.4. The molecule has 10 heteroatoms. The summed E-state index contributed by atoms with van der Waals surface area (Å²) in [5.41, 5.74) is 4.67. The van der Waals surface area contributed by atoms with Crippen LogP contribution in [0.5, 0.6) is 0 Å². The van der Waals surface area contributed by atoms with Crippen molar-refractivity contribution in [1.82, 2.24) is 4.90 Å². The highest BCUT2D eigenvalue weighted by molar-refractivity contribution is 5.98. The molecule has 1 saturated carbocycles. The van der Waals surface area contributed by atoms with Crippen LogP contribution >= 0.6 is 0 Å². The summed E-state index contributed by atoms with van der Waals surface area (Å²) >= 11 is 0. The first-order valence-corrected chi connectivity index (χ1v) is 11.0. The van der Waals surface area contributed by atoms with Gasteiger partial charge in [-0.1, -0.05) is 20.3 Å². The van der Waals surface area contributed by atoms with E-state index in [2.05, 4.69) is 5.32 Å². The second-order valence-electron chi connectivity index (χ2n) is 8.74. The van der Waals surface area contributed by atoms with Crippen LogP contribution in [0.15, 0.2) is 18.2 Å². The summed E-state index contributed by atoms with van der Waals surface area (Å²) in [6.07, 6.45) is -1.74. The smallest absolute Gasteiger partial charge is 0.370 e. The van der Waals surface area contributed by atoms with Crippen LogP contribution in [0, 0.1) is 5.92 Å². The second-order valence-corrected chi connectivity index (χ2v) is 8.74. The molecule has 0 radical (unpaired) electrons. The Kier molecular flexibility index (Phi) is 7.79. The zero-order chi connectivity index (χ0) is 23.5. The molecule has 1 heterocycles. The number of carbonyl (C=O) groups is 2. The Balaban J connectivity index is 1.85. The van der Waals surface area contributed by atoms with Crippen LogP contribution in [0.1, 0.15) is 38.7 Å². The van der Waals surface area contributed by atoms with Crippen molar-refractivity contribution >= 4 is 23.2 Å². The van der Waals surface area contributed by atoms with E-state index in [0.717, 1.165) is 25.3 Å². The van der Waals surface area contributed by atoms with Gasteiger partial charge in [-0.3, -0.25) is 14.5 Å². The molecule has 1 saturated heterocycles. The van der Waals surface area contributed by atoms with Crippen molar-refractivity contribution in [2.75, 3.05) is 43.1 Å². The van der Waals surface area contributed by atoms with Gasteiger partial charge < -0.3 is 20.7 Å². The van der Waals surface area contributed by atoms with E-state index in [0.29, 0.717) is 6.54 Å². The number of nitrogens with one attached hydrogen (secondary N) is 1. The third-order valence-electron chi connectivity index (χ3n) is 5.91. The molecular weight excluding hydrogens is 425 g/mol. The number of amides is 2. The van der Waals surface area contributed by atoms with Gasteiger partial charge in [0.2, 0.25) is 5.91 Å². The third-order valence-corrected chi connectivity index (χ3v) is 5.91. The van der Waals surface area contributed by atoms with Gasteiger partial charge in [0.25, 0.3) is 5.91 Å². The third kappa shape index (κ3) is 5.60. The lowest BCUT2D eigenvalue weighted by molar-refractivity contribution is -0.137. The average molecular weight is 457 g/mol. The molecule has 1 aromatic rings. The van der Waals surface area contributed by atoms with Crippen molar-refractivity contribution in [2.45, 2.75) is 51.4 Å². The Labute approximate surface area is 186 Å². The van der Waals surface area contributed by atoms with Gasteiger partial charge in [0, 0.05) is 31.4 Å². The van der Waals surface area contributed by atoms with Gasteiger partial charge in [-0.15, -0.1) is 0 Å². The summed E-state index contributed by atoms with van der Waals surface area (Å²) in [5, 5.41) is 2.46.